The molecule has 6 nitrogen and oxygen atoms in total. The number of hydrogen-bond acceptors (Lipinski definition) is 6. The van der Waals surface area contributed by atoms with Crippen LogP contribution in [0.15, 0.2) is 42.5 Å². The monoisotopic (exact) mass is 409 g/mol. The van der Waals surface area contributed by atoms with E-state index >= 15 is 0 Å². The van der Waals surface area contributed by atoms with Crippen molar-refractivity contribution in [3.8, 4) is 56.8 Å². The normalized spacial score (nSPS) is 10.3. The molecule has 157 valence electrons. The topological polar surface area (TPSA) is 55.4 Å². The lowest BCUT2D eigenvalue weighted by Gasteiger charge is -2.21. The molecule has 3 rings (SSSR count). The van der Waals surface area contributed by atoms with Gasteiger partial charge >= 0.3 is 0 Å². The van der Waals surface area contributed by atoms with Crippen molar-refractivity contribution in [1.82, 2.24) is 0 Å². The van der Waals surface area contributed by atoms with Crippen LogP contribution in [0.4, 0.5) is 0 Å². The smallest absolute Gasteiger partial charge is 0.161 e. The van der Waals surface area contributed by atoms with Gasteiger partial charge in [-0.2, -0.15) is 0 Å². The first kappa shape index (κ1) is 21.2. The average molecular weight is 409 g/mol. The van der Waals surface area contributed by atoms with E-state index in [1.807, 2.05) is 36.4 Å². The summed E-state index contributed by atoms with van der Waals surface area (Å²) in [6.07, 6.45) is 0. The fraction of sp³-hybridized carbons (Fsp3) is 0.250. The van der Waals surface area contributed by atoms with Crippen LogP contribution < -0.4 is 28.4 Å². The Kier molecular flexibility index (Phi) is 6.57. The summed E-state index contributed by atoms with van der Waals surface area (Å²) in [5.74, 6) is 3.65. The zero-order valence-electron chi connectivity index (χ0n) is 18.0. The zero-order valence-corrected chi connectivity index (χ0v) is 18.0. The van der Waals surface area contributed by atoms with Gasteiger partial charge < -0.3 is 28.4 Å². The Bertz CT molecular complexity index is 1010. The molecule has 0 unspecified atom stereocenters. The summed E-state index contributed by atoms with van der Waals surface area (Å²) in [7, 11) is 9.65. The van der Waals surface area contributed by atoms with E-state index in [4.69, 9.17) is 28.4 Å². The predicted octanol–water partition coefficient (Wildman–Crippen LogP) is 4.87. The number of benzene rings is 3. The Balaban J connectivity index is 2.44. The maximum absolute atomic E-state index is 5.70. The van der Waals surface area contributed by atoms with E-state index in [1.165, 1.54) is 0 Å². The van der Waals surface area contributed by atoms with E-state index in [9.17, 15) is 0 Å². The molecule has 0 fully saturated rings. The molecule has 0 N–H and O–H groups in total. The Hall–Kier alpha value is -3.54. The Morgan fingerprint density at radius 2 is 1.13 bits per heavy atom. The van der Waals surface area contributed by atoms with Crippen molar-refractivity contribution >= 4 is 0 Å². The molecule has 0 aliphatic heterocycles. The largest absolute Gasteiger partial charge is 0.496 e. The van der Waals surface area contributed by atoms with Crippen LogP contribution in [-0.4, -0.2) is 42.7 Å². The first-order valence-electron chi connectivity index (χ1n) is 9.23. The molecule has 0 atom stereocenters. The molecule has 6 heteroatoms. The van der Waals surface area contributed by atoms with Gasteiger partial charge in [0.1, 0.15) is 23.0 Å². The molecule has 0 amide bonds. The van der Waals surface area contributed by atoms with Gasteiger partial charge in [0.05, 0.1) is 48.2 Å². The van der Waals surface area contributed by atoms with Crippen molar-refractivity contribution in [1.29, 1.82) is 0 Å². The van der Waals surface area contributed by atoms with Crippen LogP contribution in [0.3, 0.4) is 0 Å². The number of hydrogen-bond donors (Lipinski definition) is 0. The van der Waals surface area contributed by atoms with E-state index in [0.29, 0.717) is 34.5 Å². The predicted molar refractivity (Wildman–Crippen MR) is 115 cm³/mol. The molecule has 1 radical (unpaired) electrons. The highest BCUT2D eigenvalue weighted by Crippen LogP contribution is 2.51. The van der Waals surface area contributed by atoms with Crippen LogP contribution >= 0.6 is 0 Å². The van der Waals surface area contributed by atoms with Crippen molar-refractivity contribution < 1.29 is 28.4 Å². The molecule has 0 aliphatic carbocycles. The van der Waals surface area contributed by atoms with Crippen molar-refractivity contribution in [2.24, 2.45) is 0 Å². The third-order valence-corrected chi connectivity index (χ3v) is 4.83. The van der Waals surface area contributed by atoms with Crippen LogP contribution in [0, 0.1) is 6.07 Å². The maximum Gasteiger partial charge on any atom is 0.161 e. The lowest BCUT2D eigenvalue weighted by molar-refractivity contribution is 0.355. The van der Waals surface area contributed by atoms with E-state index in [1.54, 1.807) is 48.7 Å². The highest BCUT2D eigenvalue weighted by Gasteiger charge is 2.25. The van der Waals surface area contributed by atoms with Gasteiger partial charge in [0, 0.05) is 17.2 Å². The molecule has 0 heterocycles. The molecule has 3 aromatic rings. The van der Waals surface area contributed by atoms with Crippen LogP contribution in [0.5, 0.6) is 34.5 Å². The summed E-state index contributed by atoms with van der Waals surface area (Å²) < 4.78 is 33.6. The molecule has 30 heavy (non-hydrogen) atoms. The standard InChI is InChI=1S/C24H25O6/c1-25-16-11-10-15(14-21(16)30-6)22-19(28-4)12-13-20(29-5)24(22)23-17(26-2)8-7-9-18(23)27-3/h7-12,14H,1-6H3. The SMILES string of the molecule is COc1[c]cc(OC)c(-c2ccc(OC)c(OC)c2)c1-c1c(OC)cccc1OC. The van der Waals surface area contributed by atoms with Crippen molar-refractivity contribution in [2.75, 3.05) is 42.7 Å². The second-order valence-corrected chi connectivity index (χ2v) is 6.25. The summed E-state index contributed by atoms with van der Waals surface area (Å²) >= 11 is 0. The van der Waals surface area contributed by atoms with Gasteiger partial charge in [-0.1, -0.05) is 12.1 Å². The van der Waals surface area contributed by atoms with E-state index in [0.717, 1.165) is 22.3 Å². The first-order valence-corrected chi connectivity index (χ1v) is 9.23. The van der Waals surface area contributed by atoms with Gasteiger partial charge in [0.25, 0.3) is 0 Å². The third kappa shape index (κ3) is 3.68. The van der Waals surface area contributed by atoms with Crippen molar-refractivity contribution in [3.05, 3.63) is 48.5 Å². The van der Waals surface area contributed by atoms with Crippen molar-refractivity contribution in [3.63, 3.8) is 0 Å². The Labute approximate surface area is 176 Å². The van der Waals surface area contributed by atoms with Gasteiger partial charge in [0.2, 0.25) is 0 Å². The molecule has 0 aromatic heterocycles. The van der Waals surface area contributed by atoms with Gasteiger partial charge in [-0.15, -0.1) is 0 Å². The molecule has 0 saturated heterocycles. The number of methoxy groups -OCH3 is 6. The van der Waals surface area contributed by atoms with E-state index in [2.05, 4.69) is 6.07 Å². The highest BCUT2D eigenvalue weighted by molar-refractivity contribution is 5.96. The van der Waals surface area contributed by atoms with E-state index in [-0.39, 0.29) is 0 Å². The maximum atomic E-state index is 5.70. The quantitative estimate of drug-likeness (QED) is 0.529. The van der Waals surface area contributed by atoms with Gasteiger partial charge in [-0.3, -0.25) is 0 Å². The molecular weight excluding hydrogens is 384 g/mol. The van der Waals surface area contributed by atoms with Gasteiger partial charge in [-0.05, 0) is 35.9 Å². The van der Waals surface area contributed by atoms with Crippen LogP contribution in [0.2, 0.25) is 0 Å². The summed E-state index contributed by atoms with van der Waals surface area (Å²) in [6, 6.07) is 16.2. The molecule has 3 aromatic carbocycles. The van der Waals surface area contributed by atoms with Crippen LogP contribution in [0.25, 0.3) is 22.3 Å². The van der Waals surface area contributed by atoms with Gasteiger partial charge in [0.15, 0.2) is 11.5 Å². The molecule has 0 spiro atoms. The number of rotatable bonds is 8. The second-order valence-electron chi connectivity index (χ2n) is 6.25. The lowest BCUT2D eigenvalue weighted by Crippen LogP contribution is -2.00. The summed E-state index contributed by atoms with van der Waals surface area (Å²) in [4.78, 5) is 0. The average Bonchev–Trinajstić information content (AvgIpc) is 2.81. The Morgan fingerprint density at radius 3 is 1.67 bits per heavy atom. The minimum absolute atomic E-state index is 0.531. The fourth-order valence-corrected chi connectivity index (χ4v) is 3.45. The first-order chi connectivity index (χ1) is 14.6. The summed E-state index contributed by atoms with van der Waals surface area (Å²) in [6.45, 7) is 0. The highest BCUT2D eigenvalue weighted by atomic mass is 16.5. The summed E-state index contributed by atoms with van der Waals surface area (Å²) in [5, 5.41) is 0. The van der Waals surface area contributed by atoms with Crippen molar-refractivity contribution in [2.45, 2.75) is 0 Å². The molecule has 0 saturated carbocycles. The molecular formula is C24H25O6. The Morgan fingerprint density at radius 1 is 0.533 bits per heavy atom. The minimum Gasteiger partial charge on any atom is -0.496 e. The summed E-state index contributed by atoms with van der Waals surface area (Å²) in [5.41, 5.74) is 3.11. The number of ether oxygens (including phenoxy) is 6. The molecule has 0 bridgehead atoms. The zero-order chi connectivity index (χ0) is 21.7. The lowest BCUT2D eigenvalue weighted by atomic mass is 9.91. The minimum atomic E-state index is 0.531. The second kappa shape index (κ2) is 9.31. The van der Waals surface area contributed by atoms with Crippen LogP contribution in [0.1, 0.15) is 0 Å². The van der Waals surface area contributed by atoms with Gasteiger partial charge in [-0.25, -0.2) is 0 Å². The van der Waals surface area contributed by atoms with E-state index < -0.39 is 0 Å². The third-order valence-electron chi connectivity index (χ3n) is 4.83. The fourth-order valence-electron chi connectivity index (χ4n) is 3.45. The molecule has 0 aliphatic rings. The van der Waals surface area contributed by atoms with Crippen LogP contribution in [-0.2, 0) is 0 Å².